The highest BCUT2D eigenvalue weighted by Crippen LogP contribution is 2.58. The fourth-order valence-corrected chi connectivity index (χ4v) is 8.38. The molecule has 4 heterocycles. The summed E-state index contributed by atoms with van der Waals surface area (Å²) in [5, 5.41) is 0. The Labute approximate surface area is 263 Å². The van der Waals surface area contributed by atoms with Crippen molar-refractivity contribution in [1.82, 2.24) is 19.6 Å². The third kappa shape index (κ3) is 3.30. The van der Waals surface area contributed by atoms with Crippen LogP contribution in [-0.2, 0) is 45.2 Å². The first-order chi connectivity index (χ1) is 19.1. The molecule has 40 heavy (non-hydrogen) atoms. The quantitative estimate of drug-likeness (QED) is 0.381. The average molecular weight is 806 g/mol. The number of hydrogen-bond acceptors (Lipinski definition) is 6. The van der Waals surface area contributed by atoms with Gasteiger partial charge in [0.25, 0.3) is 11.3 Å². The summed E-state index contributed by atoms with van der Waals surface area (Å²) in [5.74, 6) is -1.75. The number of nitrogens with zero attached hydrogens (tertiary/aromatic N) is 4. The predicted octanol–water partition coefficient (Wildman–Crippen LogP) is 5.46. The Hall–Kier alpha value is -2.16. The van der Waals surface area contributed by atoms with Crippen LogP contribution in [-0.4, -0.2) is 68.1 Å². The van der Waals surface area contributed by atoms with Gasteiger partial charge in [0.05, 0.1) is 39.4 Å². The molecule has 4 aliphatic heterocycles. The van der Waals surface area contributed by atoms with Crippen molar-refractivity contribution in [1.29, 1.82) is 0 Å². The van der Waals surface area contributed by atoms with Crippen LogP contribution in [0.2, 0.25) is 0 Å². The van der Waals surface area contributed by atoms with Crippen LogP contribution in [0.15, 0.2) is 42.2 Å². The van der Waals surface area contributed by atoms with Crippen LogP contribution in [0, 0.1) is 0 Å². The van der Waals surface area contributed by atoms with E-state index < -0.39 is 35.3 Å². The van der Waals surface area contributed by atoms with Crippen molar-refractivity contribution < 1.29 is 28.7 Å². The zero-order valence-electron chi connectivity index (χ0n) is 21.3. The van der Waals surface area contributed by atoms with Gasteiger partial charge in [-0.3, -0.25) is 19.6 Å². The van der Waals surface area contributed by atoms with Crippen molar-refractivity contribution in [2.24, 2.45) is 0 Å². The highest BCUT2D eigenvalue weighted by Gasteiger charge is 2.87. The number of urea groups is 2. The SMILES string of the molecule is CCOC(=O)C12N3Cc4c(Br)ccc(Br)c4CN1C(=O)N1Cc4c(Br)ccc(Br)c4CN(C3=O)C12C(=O)OCC. The van der Waals surface area contributed by atoms with Crippen molar-refractivity contribution in [2.45, 2.75) is 51.4 Å². The summed E-state index contributed by atoms with van der Waals surface area (Å²) in [6.45, 7) is 2.99. The van der Waals surface area contributed by atoms with E-state index in [0.29, 0.717) is 40.1 Å². The number of fused-ring (bicyclic) bond motifs is 2. The number of carbonyl (C=O) groups is 4. The summed E-state index contributed by atoms with van der Waals surface area (Å²) < 4.78 is 14.1. The summed E-state index contributed by atoms with van der Waals surface area (Å²) >= 11 is 14.4. The van der Waals surface area contributed by atoms with Crippen molar-refractivity contribution >= 4 is 87.7 Å². The Balaban J connectivity index is 1.73. The van der Waals surface area contributed by atoms with Crippen molar-refractivity contribution in [3.05, 3.63) is 64.4 Å². The minimum atomic E-state index is -2.16. The van der Waals surface area contributed by atoms with Crippen LogP contribution in [0.25, 0.3) is 0 Å². The molecular weight excluding hydrogens is 784 g/mol. The third-order valence-electron chi connectivity index (χ3n) is 7.99. The first-order valence-corrected chi connectivity index (χ1v) is 15.7. The number of carbonyl (C=O) groups excluding carboxylic acids is 4. The van der Waals surface area contributed by atoms with E-state index in [1.165, 1.54) is 19.6 Å². The van der Waals surface area contributed by atoms with E-state index in [-0.39, 0.29) is 39.4 Å². The smallest absolute Gasteiger partial charge is 0.358 e. The maximum absolute atomic E-state index is 14.6. The summed E-state index contributed by atoms with van der Waals surface area (Å²) in [6.07, 6.45) is 0. The van der Waals surface area contributed by atoms with Gasteiger partial charge in [-0.25, -0.2) is 19.2 Å². The minimum Gasteiger partial charge on any atom is -0.463 e. The van der Waals surface area contributed by atoms with Crippen molar-refractivity contribution in [3.63, 3.8) is 0 Å². The molecule has 0 unspecified atom stereocenters. The lowest BCUT2D eigenvalue weighted by atomic mass is 9.90. The molecule has 2 aromatic carbocycles. The van der Waals surface area contributed by atoms with Crippen molar-refractivity contribution in [2.75, 3.05) is 13.2 Å². The average Bonchev–Trinajstić information content (AvgIpc) is 3.09. The second-order valence-corrected chi connectivity index (χ2v) is 13.1. The van der Waals surface area contributed by atoms with Gasteiger partial charge < -0.3 is 9.47 Å². The number of ether oxygens (including phenoxy) is 2. The monoisotopic (exact) mass is 802 g/mol. The first-order valence-electron chi connectivity index (χ1n) is 12.5. The molecule has 0 saturated carbocycles. The molecule has 0 spiro atoms. The number of hydrogen-bond donors (Lipinski definition) is 0. The van der Waals surface area contributed by atoms with E-state index in [1.54, 1.807) is 13.8 Å². The second kappa shape index (κ2) is 9.70. The molecule has 2 saturated heterocycles. The molecule has 4 amide bonds. The summed E-state index contributed by atoms with van der Waals surface area (Å²) in [7, 11) is 0. The van der Waals surface area contributed by atoms with Gasteiger partial charge >= 0.3 is 24.0 Å². The van der Waals surface area contributed by atoms with Gasteiger partial charge in [0.1, 0.15) is 0 Å². The molecule has 10 nitrogen and oxygen atoms in total. The van der Waals surface area contributed by atoms with Crippen LogP contribution in [0.1, 0.15) is 36.1 Å². The van der Waals surface area contributed by atoms with Gasteiger partial charge in [-0.15, -0.1) is 0 Å². The normalized spacial score (nSPS) is 24.4. The number of esters is 2. The molecule has 14 heteroatoms. The van der Waals surface area contributed by atoms with Gasteiger partial charge in [0.2, 0.25) is 0 Å². The topological polar surface area (TPSA) is 99.7 Å². The van der Waals surface area contributed by atoms with Gasteiger partial charge in [0, 0.05) is 17.9 Å². The maximum Gasteiger partial charge on any atom is 0.358 e. The van der Waals surface area contributed by atoms with Gasteiger partial charge in [0.15, 0.2) is 0 Å². The molecule has 0 N–H and O–H groups in total. The van der Waals surface area contributed by atoms with E-state index in [2.05, 4.69) is 63.7 Å². The van der Waals surface area contributed by atoms with Gasteiger partial charge in [-0.05, 0) is 60.4 Å². The fraction of sp³-hybridized carbons (Fsp3) is 0.385. The number of halogens is 4. The molecule has 0 atom stereocenters. The largest absolute Gasteiger partial charge is 0.463 e. The summed E-state index contributed by atoms with van der Waals surface area (Å²) in [4.78, 5) is 63.2. The Morgan fingerprint density at radius 1 is 0.625 bits per heavy atom. The minimum absolute atomic E-state index is 0.0266. The lowest BCUT2D eigenvalue weighted by Gasteiger charge is -2.44. The molecule has 0 aromatic heterocycles. The zero-order chi connectivity index (χ0) is 28.7. The molecule has 6 rings (SSSR count). The molecule has 2 fully saturated rings. The van der Waals surface area contributed by atoms with E-state index >= 15 is 0 Å². The van der Waals surface area contributed by atoms with Gasteiger partial charge in [-0.1, -0.05) is 63.7 Å². The number of amides is 4. The van der Waals surface area contributed by atoms with Crippen LogP contribution in [0.3, 0.4) is 0 Å². The van der Waals surface area contributed by atoms with Crippen LogP contribution in [0.5, 0.6) is 0 Å². The van der Waals surface area contributed by atoms with E-state index in [0.717, 1.165) is 0 Å². The number of benzene rings is 2. The maximum atomic E-state index is 14.6. The third-order valence-corrected chi connectivity index (χ3v) is 11.0. The Bertz CT molecular complexity index is 1320. The molecule has 4 aliphatic rings. The van der Waals surface area contributed by atoms with Crippen LogP contribution in [0.4, 0.5) is 9.59 Å². The Morgan fingerprint density at radius 3 is 1.10 bits per heavy atom. The molecule has 210 valence electrons. The van der Waals surface area contributed by atoms with E-state index in [1.807, 2.05) is 24.3 Å². The fourth-order valence-electron chi connectivity index (χ4n) is 6.39. The Morgan fingerprint density at radius 2 is 0.875 bits per heavy atom. The lowest BCUT2D eigenvalue weighted by molar-refractivity contribution is -0.191. The van der Waals surface area contributed by atoms with Crippen LogP contribution >= 0.6 is 63.7 Å². The first kappa shape index (κ1) is 28.0. The van der Waals surface area contributed by atoms with Crippen molar-refractivity contribution in [3.8, 4) is 0 Å². The molecule has 0 radical (unpaired) electrons. The van der Waals surface area contributed by atoms with E-state index in [4.69, 9.17) is 9.47 Å². The highest BCUT2D eigenvalue weighted by molar-refractivity contribution is 9.11. The predicted molar refractivity (Wildman–Crippen MR) is 155 cm³/mol. The van der Waals surface area contributed by atoms with E-state index in [9.17, 15) is 19.2 Å². The molecule has 0 bridgehead atoms. The zero-order valence-corrected chi connectivity index (χ0v) is 27.6. The highest BCUT2D eigenvalue weighted by atomic mass is 79.9. The lowest BCUT2D eigenvalue weighted by Crippen LogP contribution is -2.75. The molecule has 2 aromatic rings. The molecule has 0 aliphatic carbocycles. The summed E-state index contributed by atoms with van der Waals surface area (Å²) in [6, 6.07) is 6.13. The molecular formula is C26H22Br4N4O6. The second-order valence-electron chi connectivity index (χ2n) is 9.67. The number of rotatable bonds is 4. The van der Waals surface area contributed by atoms with Gasteiger partial charge in [-0.2, -0.15) is 0 Å². The Kier molecular flexibility index (Phi) is 6.79. The summed E-state index contributed by atoms with van der Waals surface area (Å²) in [5.41, 5.74) is -1.49. The van der Waals surface area contributed by atoms with Crippen LogP contribution < -0.4 is 0 Å². The standard InChI is InChI=1S/C26H22Br4N4O6/c1-3-39-21(35)25-26(22(36)40-4-2)33-11-15-16(20(30)8-7-19(15)29)12-34(26)24(38)32(25)10-14-13(9-31(25)23(33)37)17(27)5-6-18(14)28/h5-8H,3-4,9-12H2,1-2H3.